The summed E-state index contributed by atoms with van der Waals surface area (Å²) in [7, 11) is 0. The van der Waals surface area contributed by atoms with Crippen LogP contribution in [0.2, 0.25) is 0 Å². The Bertz CT molecular complexity index is 595. The number of aromatic hydroxyl groups is 1. The van der Waals surface area contributed by atoms with E-state index in [0.29, 0.717) is 18.4 Å². The lowest BCUT2D eigenvalue weighted by molar-refractivity contribution is -0.127. The number of carboxylic acid groups (broad SMARTS) is 1. The Balaban J connectivity index is 2.91. The summed E-state index contributed by atoms with van der Waals surface area (Å²) in [4.78, 5) is 35.0. The highest BCUT2D eigenvalue weighted by Gasteiger charge is 2.22. The molecule has 0 saturated heterocycles. The van der Waals surface area contributed by atoms with Crippen molar-refractivity contribution < 1.29 is 24.6 Å². The second kappa shape index (κ2) is 8.31. The molecule has 3 N–H and O–H groups in total. The maximum absolute atomic E-state index is 12.4. The predicted molar refractivity (Wildman–Crippen MR) is 85.5 cm³/mol. The molecule has 1 unspecified atom stereocenters. The fourth-order valence-corrected chi connectivity index (χ4v) is 2.23. The SMILES string of the molecule is CCC(=O)NC(CC(C)C)C(=O)Cc1ccc(O)c(C(=O)O)c1. The van der Waals surface area contributed by atoms with Gasteiger partial charge in [-0.05, 0) is 30.0 Å². The van der Waals surface area contributed by atoms with Crippen LogP contribution < -0.4 is 5.32 Å². The summed E-state index contributed by atoms with van der Waals surface area (Å²) in [6.07, 6.45) is 0.820. The quantitative estimate of drug-likeness (QED) is 0.680. The number of benzene rings is 1. The topological polar surface area (TPSA) is 104 Å². The monoisotopic (exact) mass is 321 g/mol. The zero-order chi connectivity index (χ0) is 17.6. The van der Waals surface area contributed by atoms with Crippen molar-refractivity contribution in [2.24, 2.45) is 5.92 Å². The molecule has 0 spiro atoms. The highest BCUT2D eigenvalue weighted by atomic mass is 16.4. The normalized spacial score (nSPS) is 12.0. The zero-order valence-corrected chi connectivity index (χ0v) is 13.6. The highest BCUT2D eigenvalue weighted by molar-refractivity contribution is 5.93. The predicted octanol–water partition coefficient (Wildman–Crippen LogP) is 2.14. The lowest BCUT2D eigenvalue weighted by Crippen LogP contribution is -2.42. The van der Waals surface area contributed by atoms with Crippen LogP contribution in [0.4, 0.5) is 0 Å². The number of hydrogen-bond acceptors (Lipinski definition) is 4. The first-order chi connectivity index (χ1) is 10.7. The van der Waals surface area contributed by atoms with Crippen LogP contribution in [-0.4, -0.2) is 33.9 Å². The van der Waals surface area contributed by atoms with Crippen LogP contribution in [0, 0.1) is 5.92 Å². The second-order valence-electron chi connectivity index (χ2n) is 5.90. The fourth-order valence-electron chi connectivity index (χ4n) is 2.23. The van der Waals surface area contributed by atoms with Crippen molar-refractivity contribution in [1.82, 2.24) is 5.32 Å². The third kappa shape index (κ3) is 5.73. The van der Waals surface area contributed by atoms with E-state index in [1.54, 1.807) is 6.92 Å². The van der Waals surface area contributed by atoms with Crippen LogP contribution in [0.1, 0.15) is 49.5 Å². The molecule has 0 aliphatic carbocycles. The molecule has 0 heterocycles. The van der Waals surface area contributed by atoms with Gasteiger partial charge in [0.25, 0.3) is 0 Å². The van der Waals surface area contributed by atoms with E-state index >= 15 is 0 Å². The van der Waals surface area contributed by atoms with E-state index in [4.69, 9.17) is 5.11 Å². The number of ketones is 1. The molecule has 0 fully saturated rings. The molecule has 1 aromatic carbocycles. The minimum Gasteiger partial charge on any atom is -0.507 e. The molecule has 6 heteroatoms. The number of carboxylic acids is 1. The summed E-state index contributed by atoms with van der Waals surface area (Å²) >= 11 is 0. The molecular formula is C17H23NO5. The zero-order valence-electron chi connectivity index (χ0n) is 13.6. The molecule has 0 aliphatic heterocycles. The van der Waals surface area contributed by atoms with E-state index in [-0.39, 0.29) is 35.3 Å². The molecule has 1 amide bonds. The Morgan fingerprint density at radius 2 is 1.87 bits per heavy atom. The minimum atomic E-state index is -1.25. The van der Waals surface area contributed by atoms with Crippen LogP contribution in [0.15, 0.2) is 18.2 Å². The van der Waals surface area contributed by atoms with E-state index in [9.17, 15) is 19.5 Å². The summed E-state index contributed by atoms with van der Waals surface area (Å²) in [5.41, 5.74) is 0.248. The number of rotatable bonds is 8. The maximum Gasteiger partial charge on any atom is 0.339 e. The van der Waals surface area contributed by atoms with Gasteiger partial charge >= 0.3 is 5.97 Å². The molecule has 0 saturated carbocycles. The summed E-state index contributed by atoms with van der Waals surface area (Å²) < 4.78 is 0. The Hall–Kier alpha value is -2.37. The number of carbonyl (C=O) groups excluding carboxylic acids is 2. The van der Waals surface area contributed by atoms with Crippen molar-refractivity contribution in [3.63, 3.8) is 0 Å². The molecule has 1 aromatic rings. The van der Waals surface area contributed by atoms with Gasteiger partial charge < -0.3 is 15.5 Å². The van der Waals surface area contributed by atoms with Gasteiger partial charge in [0.05, 0.1) is 6.04 Å². The number of nitrogens with one attached hydrogen (secondary N) is 1. The van der Waals surface area contributed by atoms with E-state index in [1.165, 1.54) is 18.2 Å². The number of phenols is 1. The van der Waals surface area contributed by atoms with Crippen molar-refractivity contribution in [3.8, 4) is 5.75 Å². The third-order valence-corrected chi connectivity index (χ3v) is 3.42. The van der Waals surface area contributed by atoms with Gasteiger partial charge in [-0.25, -0.2) is 4.79 Å². The van der Waals surface area contributed by atoms with Gasteiger partial charge in [0.2, 0.25) is 5.91 Å². The molecule has 0 aliphatic rings. The molecule has 23 heavy (non-hydrogen) atoms. The number of carbonyl (C=O) groups is 3. The second-order valence-corrected chi connectivity index (χ2v) is 5.90. The number of Topliss-reactive ketones (excluding diaryl/α,β-unsaturated/α-hetero) is 1. The molecule has 1 rings (SSSR count). The van der Waals surface area contributed by atoms with Crippen molar-refractivity contribution in [3.05, 3.63) is 29.3 Å². The van der Waals surface area contributed by atoms with E-state index < -0.39 is 12.0 Å². The Kier molecular flexibility index (Phi) is 6.75. The smallest absolute Gasteiger partial charge is 0.339 e. The Morgan fingerprint density at radius 3 is 2.39 bits per heavy atom. The summed E-state index contributed by atoms with van der Waals surface area (Å²) in [5, 5.41) is 21.2. The summed E-state index contributed by atoms with van der Waals surface area (Å²) in [5.74, 6) is -1.74. The Morgan fingerprint density at radius 1 is 1.22 bits per heavy atom. The summed E-state index contributed by atoms with van der Waals surface area (Å²) in [6, 6.07) is 3.45. The van der Waals surface area contributed by atoms with Gasteiger partial charge in [-0.2, -0.15) is 0 Å². The van der Waals surface area contributed by atoms with Gasteiger partial charge in [0, 0.05) is 12.8 Å². The average molecular weight is 321 g/mol. The van der Waals surface area contributed by atoms with E-state index in [0.717, 1.165) is 0 Å². The van der Waals surface area contributed by atoms with Crippen molar-refractivity contribution in [2.75, 3.05) is 0 Å². The Labute approximate surface area is 135 Å². The van der Waals surface area contributed by atoms with Gasteiger partial charge in [-0.15, -0.1) is 0 Å². The van der Waals surface area contributed by atoms with Crippen LogP contribution in [0.5, 0.6) is 5.75 Å². The third-order valence-electron chi connectivity index (χ3n) is 3.42. The lowest BCUT2D eigenvalue weighted by Gasteiger charge is -2.19. The maximum atomic E-state index is 12.4. The number of aromatic carboxylic acids is 1. The van der Waals surface area contributed by atoms with Crippen LogP contribution in [0.25, 0.3) is 0 Å². The largest absolute Gasteiger partial charge is 0.507 e. The first-order valence-electron chi connectivity index (χ1n) is 7.61. The van der Waals surface area contributed by atoms with Crippen LogP contribution in [0.3, 0.4) is 0 Å². The lowest BCUT2D eigenvalue weighted by atomic mass is 9.95. The molecule has 0 bridgehead atoms. The van der Waals surface area contributed by atoms with E-state index in [1.807, 2.05) is 13.8 Å². The van der Waals surface area contributed by atoms with Crippen LogP contribution >= 0.6 is 0 Å². The van der Waals surface area contributed by atoms with Gasteiger partial charge in [0.15, 0.2) is 5.78 Å². The summed E-state index contributed by atoms with van der Waals surface area (Å²) in [6.45, 7) is 5.63. The first kappa shape index (κ1) is 18.7. The van der Waals surface area contributed by atoms with Gasteiger partial charge in [-0.3, -0.25) is 9.59 Å². The van der Waals surface area contributed by atoms with Crippen molar-refractivity contribution in [2.45, 2.75) is 46.1 Å². The van der Waals surface area contributed by atoms with Gasteiger partial charge in [0.1, 0.15) is 11.3 Å². The molecule has 126 valence electrons. The molecular weight excluding hydrogens is 298 g/mol. The first-order valence-corrected chi connectivity index (χ1v) is 7.61. The molecule has 0 radical (unpaired) electrons. The van der Waals surface area contributed by atoms with Crippen molar-refractivity contribution in [1.29, 1.82) is 0 Å². The number of amides is 1. The highest BCUT2D eigenvalue weighted by Crippen LogP contribution is 2.19. The number of hydrogen-bond donors (Lipinski definition) is 3. The van der Waals surface area contributed by atoms with Crippen molar-refractivity contribution >= 4 is 17.7 Å². The molecule has 0 aromatic heterocycles. The van der Waals surface area contributed by atoms with E-state index in [2.05, 4.69) is 5.32 Å². The average Bonchev–Trinajstić information content (AvgIpc) is 2.47. The van der Waals surface area contributed by atoms with Gasteiger partial charge in [-0.1, -0.05) is 26.8 Å². The fraction of sp³-hybridized carbons (Fsp3) is 0.471. The standard InChI is InChI=1S/C17H23NO5/c1-4-16(21)18-13(7-10(2)3)15(20)9-11-5-6-14(19)12(8-11)17(22)23/h5-6,8,10,13,19H,4,7,9H2,1-3H3,(H,18,21)(H,22,23). The molecule has 6 nitrogen and oxygen atoms in total. The van der Waals surface area contributed by atoms with Crippen LogP contribution in [-0.2, 0) is 16.0 Å². The molecule has 1 atom stereocenters. The minimum absolute atomic E-state index is 0.00193.